The standard InChI is InChI=1S/C16H15NO3/c1-17-9-11(15-6-5-13(19)8-16(15)17)10-20-14-4-2-3-12(18)7-14/h2-9,18-19H,10H2,1H3. The number of aromatic nitrogens is 1. The van der Waals surface area contributed by atoms with E-state index in [2.05, 4.69) is 0 Å². The van der Waals surface area contributed by atoms with E-state index in [1.807, 2.05) is 23.9 Å². The summed E-state index contributed by atoms with van der Waals surface area (Å²) in [5, 5.41) is 20.0. The molecule has 102 valence electrons. The van der Waals surface area contributed by atoms with Crippen LogP contribution in [0.3, 0.4) is 0 Å². The number of fused-ring (bicyclic) bond motifs is 1. The normalized spacial score (nSPS) is 10.8. The minimum absolute atomic E-state index is 0.186. The van der Waals surface area contributed by atoms with Crippen molar-refractivity contribution >= 4 is 10.9 Å². The zero-order valence-corrected chi connectivity index (χ0v) is 11.1. The van der Waals surface area contributed by atoms with Crippen molar-refractivity contribution in [3.63, 3.8) is 0 Å². The number of ether oxygens (including phenoxy) is 1. The maximum Gasteiger partial charge on any atom is 0.123 e. The Morgan fingerprint density at radius 1 is 1.05 bits per heavy atom. The lowest BCUT2D eigenvalue weighted by Gasteiger charge is -2.05. The van der Waals surface area contributed by atoms with Crippen LogP contribution in [0, 0.1) is 0 Å². The molecule has 2 aromatic carbocycles. The van der Waals surface area contributed by atoms with Gasteiger partial charge in [0.05, 0.1) is 5.52 Å². The lowest BCUT2D eigenvalue weighted by atomic mass is 10.2. The molecule has 0 bridgehead atoms. The van der Waals surface area contributed by atoms with E-state index >= 15 is 0 Å². The number of phenolic OH excluding ortho intramolecular Hbond substituents is 2. The molecule has 0 radical (unpaired) electrons. The van der Waals surface area contributed by atoms with E-state index in [1.54, 1.807) is 36.4 Å². The highest BCUT2D eigenvalue weighted by atomic mass is 16.5. The second-order valence-electron chi connectivity index (χ2n) is 4.75. The number of nitrogens with zero attached hydrogens (tertiary/aromatic N) is 1. The van der Waals surface area contributed by atoms with Crippen LogP contribution in [0.2, 0.25) is 0 Å². The zero-order chi connectivity index (χ0) is 14.1. The van der Waals surface area contributed by atoms with Gasteiger partial charge in [0.25, 0.3) is 0 Å². The van der Waals surface area contributed by atoms with Gasteiger partial charge in [0.2, 0.25) is 0 Å². The van der Waals surface area contributed by atoms with E-state index in [9.17, 15) is 10.2 Å². The highest BCUT2D eigenvalue weighted by Gasteiger charge is 2.08. The van der Waals surface area contributed by atoms with Crippen molar-refractivity contribution in [3.8, 4) is 17.2 Å². The fourth-order valence-corrected chi connectivity index (χ4v) is 2.31. The molecular formula is C16H15NO3. The summed E-state index contributed by atoms with van der Waals surface area (Å²) in [6, 6.07) is 12.0. The van der Waals surface area contributed by atoms with Gasteiger partial charge >= 0.3 is 0 Å². The Bertz CT molecular complexity index is 762. The predicted molar refractivity (Wildman–Crippen MR) is 77.0 cm³/mol. The maximum atomic E-state index is 9.53. The van der Waals surface area contributed by atoms with Gasteiger partial charge < -0.3 is 19.5 Å². The van der Waals surface area contributed by atoms with Crippen LogP contribution in [0.25, 0.3) is 10.9 Å². The third-order valence-electron chi connectivity index (χ3n) is 3.27. The number of phenols is 2. The summed E-state index contributed by atoms with van der Waals surface area (Å²) in [6.07, 6.45) is 1.98. The van der Waals surface area contributed by atoms with E-state index < -0.39 is 0 Å². The predicted octanol–water partition coefficient (Wildman–Crippen LogP) is 3.17. The first kappa shape index (κ1) is 12.4. The van der Waals surface area contributed by atoms with Crippen LogP contribution in [0.1, 0.15) is 5.56 Å². The molecule has 0 unspecified atom stereocenters. The molecule has 4 heteroatoms. The van der Waals surface area contributed by atoms with Gasteiger partial charge in [-0.05, 0) is 24.3 Å². The Morgan fingerprint density at radius 3 is 2.65 bits per heavy atom. The molecule has 0 amide bonds. The summed E-state index contributed by atoms with van der Waals surface area (Å²) in [4.78, 5) is 0. The molecule has 20 heavy (non-hydrogen) atoms. The summed E-state index contributed by atoms with van der Waals surface area (Å²) in [5.74, 6) is 1.06. The highest BCUT2D eigenvalue weighted by Crippen LogP contribution is 2.26. The van der Waals surface area contributed by atoms with E-state index in [1.165, 1.54) is 0 Å². The van der Waals surface area contributed by atoms with Gasteiger partial charge in [0.1, 0.15) is 23.9 Å². The second-order valence-corrected chi connectivity index (χ2v) is 4.75. The molecule has 0 aliphatic heterocycles. The van der Waals surface area contributed by atoms with E-state index in [4.69, 9.17) is 4.74 Å². The first-order chi connectivity index (χ1) is 9.63. The van der Waals surface area contributed by atoms with Crippen molar-refractivity contribution in [1.82, 2.24) is 4.57 Å². The molecular weight excluding hydrogens is 254 g/mol. The lowest BCUT2D eigenvalue weighted by Crippen LogP contribution is -1.94. The zero-order valence-electron chi connectivity index (χ0n) is 11.1. The van der Waals surface area contributed by atoms with Crippen molar-refractivity contribution in [3.05, 3.63) is 54.2 Å². The summed E-state index contributed by atoms with van der Waals surface area (Å²) >= 11 is 0. The SMILES string of the molecule is Cn1cc(COc2cccc(O)c2)c2ccc(O)cc21. The van der Waals surface area contributed by atoms with Crippen LogP contribution < -0.4 is 4.74 Å². The second kappa shape index (κ2) is 4.81. The number of benzene rings is 2. The Kier molecular flexibility index (Phi) is 2.99. The van der Waals surface area contributed by atoms with Crippen LogP contribution >= 0.6 is 0 Å². The minimum atomic E-state index is 0.186. The monoisotopic (exact) mass is 269 g/mol. The smallest absolute Gasteiger partial charge is 0.123 e. The maximum absolute atomic E-state index is 9.53. The van der Waals surface area contributed by atoms with E-state index in [0.29, 0.717) is 12.4 Å². The Morgan fingerprint density at radius 2 is 1.85 bits per heavy atom. The number of rotatable bonds is 3. The third kappa shape index (κ3) is 2.28. The van der Waals surface area contributed by atoms with Crippen molar-refractivity contribution in [2.45, 2.75) is 6.61 Å². The average molecular weight is 269 g/mol. The molecule has 0 aliphatic carbocycles. The van der Waals surface area contributed by atoms with Gasteiger partial charge in [-0.2, -0.15) is 0 Å². The number of aromatic hydroxyl groups is 2. The Hall–Kier alpha value is -2.62. The van der Waals surface area contributed by atoms with Crippen LogP contribution in [0.5, 0.6) is 17.2 Å². The molecule has 0 saturated heterocycles. The molecule has 0 aliphatic rings. The van der Waals surface area contributed by atoms with Crippen LogP contribution in [-0.2, 0) is 13.7 Å². The number of aryl methyl sites for hydroxylation is 1. The molecule has 0 saturated carbocycles. The van der Waals surface area contributed by atoms with Crippen molar-refractivity contribution in [2.24, 2.45) is 7.05 Å². The minimum Gasteiger partial charge on any atom is -0.508 e. The quantitative estimate of drug-likeness (QED) is 0.768. The highest BCUT2D eigenvalue weighted by molar-refractivity contribution is 5.85. The molecule has 3 aromatic rings. The van der Waals surface area contributed by atoms with Crippen molar-refractivity contribution < 1.29 is 14.9 Å². The fraction of sp³-hybridized carbons (Fsp3) is 0.125. The van der Waals surface area contributed by atoms with Crippen molar-refractivity contribution in [1.29, 1.82) is 0 Å². The largest absolute Gasteiger partial charge is 0.508 e. The van der Waals surface area contributed by atoms with E-state index in [0.717, 1.165) is 16.5 Å². The molecule has 1 heterocycles. The lowest BCUT2D eigenvalue weighted by molar-refractivity contribution is 0.305. The number of hydrogen-bond donors (Lipinski definition) is 2. The van der Waals surface area contributed by atoms with Gasteiger partial charge in [-0.25, -0.2) is 0 Å². The van der Waals surface area contributed by atoms with Crippen LogP contribution in [0.15, 0.2) is 48.7 Å². The molecule has 1 aromatic heterocycles. The molecule has 0 spiro atoms. The Labute approximate surface area is 116 Å². The molecule has 4 nitrogen and oxygen atoms in total. The fourth-order valence-electron chi connectivity index (χ4n) is 2.31. The molecule has 0 fully saturated rings. The molecule has 3 rings (SSSR count). The topological polar surface area (TPSA) is 54.6 Å². The summed E-state index contributed by atoms with van der Waals surface area (Å²) in [7, 11) is 1.93. The summed E-state index contributed by atoms with van der Waals surface area (Å²) in [6.45, 7) is 0.408. The van der Waals surface area contributed by atoms with Gasteiger partial charge in [-0.15, -0.1) is 0 Å². The first-order valence-electron chi connectivity index (χ1n) is 6.32. The summed E-state index contributed by atoms with van der Waals surface area (Å²) in [5.41, 5.74) is 1.99. The molecule has 0 atom stereocenters. The first-order valence-corrected chi connectivity index (χ1v) is 6.32. The van der Waals surface area contributed by atoms with Gasteiger partial charge in [0.15, 0.2) is 0 Å². The van der Waals surface area contributed by atoms with Gasteiger partial charge in [-0.3, -0.25) is 0 Å². The van der Waals surface area contributed by atoms with Crippen LogP contribution in [-0.4, -0.2) is 14.8 Å². The average Bonchev–Trinajstić information content (AvgIpc) is 2.73. The van der Waals surface area contributed by atoms with Crippen LogP contribution in [0.4, 0.5) is 0 Å². The Balaban J connectivity index is 1.88. The van der Waals surface area contributed by atoms with Gasteiger partial charge in [0, 0.05) is 36.3 Å². The van der Waals surface area contributed by atoms with Crippen molar-refractivity contribution in [2.75, 3.05) is 0 Å². The third-order valence-corrected chi connectivity index (χ3v) is 3.27. The number of hydrogen-bond acceptors (Lipinski definition) is 3. The van der Waals surface area contributed by atoms with Gasteiger partial charge in [-0.1, -0.05) is 6.07 Å². The summed E-state index contributed by atoms with van der Waals surface area (Å²) < 4.78 is 7.64. The molecule has 2 N–H and O–H groups in total. The van der Waals surface area contributed by atoms with E-state index in [-0.39, 0.29) is 11.5 Å².